The third-order valence-corrected chi connectivity index (χ3v) is 5.61. The van der Waals surface area contributed by atoms with Crippen molar-refractivity contribution in [2.75, 3.05) is 36.4 Å². The number of hydrogen-bond acceptors (Lipinski definition) is 4. The van der Waals surface area contributed by atoms with E-state index in [0.717, 1.165) is 44.5 Å². The highest BCUT2D eigenvalue weighted by Crippen LogP contribution is 2.30. The quantitative estimate of drug-likeness (QED) is 0.703. The summed E-state index contributed by atoms with van der Waals surface area (Å²) < 4.78 is 0. The highest BCUT2D eigenvalue weighted by atomic mass is 16.2. The number of primary amides is 1. The molecule has 0 radical (unpaired) electrons. The van der Waals surface area contributed by atoms with Crippen LogP contribution in [0.3, 0.4) is 0 Å². The lowest BCUT2D eigenvalue weighted by Gasteiger charge is -2.34. The molecular weight excluding hydrogens is 370 g/mol. The summed E-state index contributed by atoms with van der Waals surface area (Å²) in [4.78, 5) is 40.3. The number of rotatable bonds is 5. The number of nitrogens with two attached hydrogens (primary N) is 1. The van der Waals surface area contributed by atoms with Gasteiger partial charge < -0.3 is 26.2 Å². The average Bonchev–Trinajstić information content (AvgIpc) is 2.74. The molecule has 8 heteroatoms. The number of carbonyl (C=O) groups excluding carboxylic acids is 3. The predicted octanol–water partition coefficient (Wildman–Crippen LogP) is 2.30. The van der Waals surface area contributed by atoms with Gasteiger partial charge in [-0.3, -0.25) is 9.59 Å². The fourth-order valence-electron chi connectivity index (χ4n) is 4.00. The minimum absolute atomic E-state index is 0.00111. The van der Waals surface area contributed by atoms with E-state index in [1.165, 1.54) is 6.42 Å². The van der Waals surface area contributed by atoms with Gasteiger partial charge >= 0.3 is 6.03 Å². The first kappa shape index (κ1) is 21.0. The maximum Gasteiger partial charge on any atom is 0.321 e. The van der Waals surface area contributed by atoms with E-state index in [-0.39, 0.29) is 18.0 Å². The summed E-state index contributed by atoms with van der Waals surface area (Å²) in [6.45, 7) is 4.78. The van der Waals surface area contributed by atoms with Gasteiger partial charge in [0, 0.05) is 44.2 Å². The van der Waals surface area contributed by atoms with Crippen LogP contribution in [-0.2, 0) is 4.79 Å². The number of amides is 4. The van der Waals surface area contributed by atoms with Crippen molar-refractivity contribution in [1.29, 1.82) is 0 Å². The number of urea groups is 1. The first-order valence-electron chi connectivity index (χ1n) is 10.5. The first-order valence-corrected chi connectivity index (χ1v) is 10.5. The number of nitrogens with zero attached hydrogens (tertiary/aromatic N) is 2. The van der Waals surface area contributed by atoms with Crippen molar-refractivity contribution < 1.29 is 14.4 Å². The molecule has 158 valence electrons. The molecule has 2 aliphatic heterocycles. The highest BCUT2D eigenvalue weighted by Gasteiger charge is 2.26. The predicted molar refractivity (Wildman–Crippen MR) is 113 cm³/mol. The van der Waals surface area contributed by atoms with Crippen molar-refractivity contribution in [3.8, 4) is 0 Å². The summed E-state index contributed by atoms with van der Waals surface area (Å²) in [5.41, 5.74) is 7.33. The van der Waals surface area contributed by atoms with Crippen LogP contribution < -0.4 is 21.3 Å². The van der Waals surface area contributed by atoms with Gasteiger partial charge in [-0.15, -0.1) is 0 Å². The number of hydrogen-bond donors (Lipinski definition) is 3. The molecule has 1 unspecified atom stereocenters. The van der Waals surface area contributed by atoms with Crippen LogP contribution in [0, 0.1) is 0 Å². The molecule has 0 spiro atoms. The molecule has 2 aliphatic rings. The molecule has 4 amide bonds. The number of benzene rings is 1. The van der Waals surface area contributed by atoms with Crippen LogP contribution in [0.25, 0.3) is 0 Å². The number of likely N-dealkylation sites (tertiary alicyclic amines) is 1. The number of piperidine rings is 2. The van der Waals surface area contributed by atoms with Crippen LogP contribution in [0.2, 0.25) is 0 Å². The van der Waals surface area contributed by atoms with Gasteiger partial charge in [-0.2, -0.15) is 0 Å². The van der Waals surface area contributed by atoms with E-state index in [1.807, 2.05) is 13.0 Å². The zero-order chi connectivity index (χ0) is 20.8. The van der Waals surface area contributed by atoms with E-state index in [4.69, 9.17) is 5.73 Å². The van der Waals surface area contributed by atoms with Crippen LogP contribution in [0.1, 0.15) is 55.8 Å². The molecule has 8 nitrogen and oxygen atoms in total. The molecular formula is C21H31N5O3. The Kier molecular flexibility index (Phi) is 6.95. The van der Waals surface area contributed by atoms with E-state index in [9.17, 15) is 14.4 Å². The van der Waals surface area contributed by atoms with Crippen molar-refractivity contribution in [2.45, 2.75) is 51.5 Å². The molecule has 29 heavy (non-hydrogen) atoms. The standard InChI is InChI=1S/C21H31N5O3/c1-2-19(27)23-16-7-6-12-26(14-16)21(29)24-17-13-15(20(22)28)8-9-18(17)25-10-4-3-5-11-25/h8-9,13,16H,2-7,10-12,14H2,1H3,(H2,22,28)(H,23,27)(H,24,29). The summed E-state index contributed by atoms with van der Waals surface area (Å²) in [5.74, 6) is -0.523. The van der Waals surface area contributed by atoms with Gasteiger partial charge in [-0.25, -0.2) is 4.79 Å². The van der Waals surface area contributed by atoms with Gasteiger partial charge in [-0.05, 0) is 50.3 Å². The smallest absolute Gasteiger partial charge is 0.321 e. The molecule has 1 atom stereocenters. The van der Waals surface area contributed by atoms with Gasteiger partial charge in [-0.1, -0.05) is 6.92 Å². The normalized spacial score (nSPS) is 19.6. The van der Waals surface area contributed by atoms with E-state index in [0.29, 0.717) is 30.8 Å². The van der Waals surface area contributed by atoms with Crippen LogP contribution in [-0.4, -0.2) is 55.0 Å². The molecule has 4 N–H and O–H groups in total. The minimum Gasteiger partial charge on any atom is -0.370 e. The van der Waals surface area contributed by atoms with Gasteiger partial charge in [0.1, 0.15) is 0 Å². The molecule has 1 aromatic rings. The Morgan fingerprint density at radius 3 is 2.55 bits per heavy atom. The fraction of sp³-hybridized carbons (Fsp3) is 0.571. The van der Waals surface area contributed by atoms with Crippen LogP contribution in [0.4, 0.5) is 16.2 Å². The van der Waals surface area contributed by atoms with Crippen molar-refractivity contribution in [3.05, 3.63) is 23.8 Å². The van der Waals surface area contributed by atoms with E-state index in [1.54, 1.807) is 17.0 Å². The first-order chi connectivity index (χ1) is 14.0. The summed E-state index contributed by atoms with van der Waals surface area (Å²) in [6, 6.07) is 4.98. The molecule has 0 saturated carbocycles. The molecule has 0 bridgehead atoms. The van der Waals surface area contributed by atoms with Gasteiger partial charge in [0.15, 0.2) is 0 Å². The second-order valence-electron chi connectivity index (χ2n) is 7.78. The second-order valence-corrected chi connectivity index (χ2v) is 7.78. The Labute approximate surface area is 171 Å². The second kappa shape index (κ2) is 9.62. The van der Waals surface area contributed by atoms with Crippen LogP contribution in [0.5, 0.6) is 0 Å². The molecule has 2 saturated heterocycles. The molecule has 3 rings (SSSR count). The van der Waals surface area contributed by atoms with Gasteiger partial charge in [0.05, 0.1) is 11.4 Å². The third-order valence-electron chi connectivity index (χ3n) is 5.61. The van der Waals surface area contributed by atoms with E-state index >= 15 is 0 Å². The summed E-state index contributed by atoms with van der Waals surface area (Å²) in [7, 11) is 0. The Hall–Kier alpha value is -2.77. The minimum atomic E-state index is -0.522. The fourth-order valence-corrected chi connectivity index (χ4v) is 4.00. The lowest BCUT2D eigenvalue weighted by molar-refractivity contribution is -0.121. The molecule has 0 aromatic heterocycles. The van der Waals surface area contributed by atoms with Crippen molar-refractivity contribution >= 4 is 29.2 Å². The maximum absolute atomic E-state index is 13.0. The van der Waals surface area contributed by atoms with E-state index in [2.05, 4.69) is 15.5 Å². The molecule has 2 fully saturated rings. The zero-order valence-electron chi connectivity index (χ0n) is 17.1. The maximum atomic E-state index is 13.0. The molecule has 1 aromatic carbocycles. The number of nitrogens with one attached hydrogen (secondary N) is 2. The summed E-state index contributed by atoms with van der Waals surface area (Å²) in [6.07, 6.45) is 5.55. The highest BCUT2D eigenvalue weighted by molar-refractivity contribution is 5.99. The van der Waals surface area contributed by atoms with Crippen LogP contribution >= 0.6 is 0 Å². The van der Waals surface area contributed by atoms with Crippen LogP contribution in [0.15, 0.2) is 18.2 Å². The lowest BCUT2D eigenvalue weighted by Crippen LogP contribution is -2.50. The van der Waals surface area contributed by atoms with Crippen molar-refractivity contribution in [2.24, 2.45) is 5.73 Å². The molecule has 2 heterocycles. The van der Waals surface area contributed by atoms with Crippen molar-refractivity contribution in [1.82, 2.24) is 10.2 Å². The number of anilines is 2. The van der Waals surface area contributed by atoms with E-state index < -0.39 is 5.91 Å². The Morgan fingerprint density at radius 1 is 1.10 bits per heavy atom. The number of carbonyl (C=O) groups is 3. The third kappa shape index (κ3) is 5.40. The Bertz CT molecular complexity index is 761. The topological polar surface area (TPSA) is 108 Å². The summed E-state index contributed by atoms with van der Waals surface area (Å²) >= 11 is 0. The zero-order valence-corrected chi connectivity index (χ0v) is 17.1. The SMILES string of the molecule is CCC(=O)NC1CCCN(C(=O)Nc2cc(C(N)=O)ccc2N2CCCCC2)C1. The van der Waals surface area contributed by atoms with Crippen molar-refractivity contribution in [3.63, 3.8) is 0 Å². The van der Waals surface area contributed by atoms with Gasteiger partial charge in [0.2, 0.25) is 11.8 Å². The monoisotopic (exact) mass is 401 g/mol. The lowest BCUT2D eigenvalue weighted by atomic mass is 10.1. The Balaban J connectivity index is 1.74. The Morgan fingerprint density at radius 2 is 1.86 bits per heavy atom. The average molecular weight is 402 g/mol. The summed E-state index contributed by atoms with van der Waals surface area (Å²) in [5, 5.41) is 5.96. The molecule has 0 aliphatic carbocycles. The van der Waals surface area contributed by atoms with Gasteiger partial charge in [0.25, 0.3) is 0 Å². The largest absolute Gasteiger partial charge is 0.370 e.